The van der Waals surface area contributed by atoms with Crippen LogP contribution in [-0.4, -0.2) is 15.7 Å². The van der Waals surface area contributed by atoms with Gasteiger partial charge in [0, 0.05) is 11.3 Å². The van der Waals surface area contributed by atoms with Crippen molar-refractivity contribution in [1.29, 1.82) is 0 Å². The van der Waals surface area contributed by atoms with Gasteiger partial charge < -0.3 is 10.1 Å². The summed E-state index contributed by atoms with van der Waals surface area (Å²) in [7, 11) is 0. The molecule has 0 aliphatic carbocycles. The van der Waals surface area contributed by atoms with Gasteiger partial charge in [0.15, 0.2) is 0 Å². The first kappa shape index (κ1) is 21.6. The van der Waals surface area contributed by atoms with Crippen LogP contribution in [-0.2, 0) is 6.61 Å². The Hall–Kier alpha value is -3.64. The Morgan fingerprint density at radius 3 is 2.25 bits per heavy atom. The molecular weight excluding hydrogens is 429 g/mol. The van der Waals surface area contributed by atoms with Crippen molar-refractivity contribution < 1.29 is 13.9 Å². The van der Waals surface area contributed by atoms with Crippen molar-refractivity contribution in [3.8, 4) is 11.4 Å². The molecule has 162 valence electrons. The molecule has 0 atom stereocenters. The molecule has 0 spiro atoms. The number of amides is 1. The van der Waals surface area contributed by atoms with Crippen molar-refractivity contribution in [2.24, 2.45) is 0 Å². The van der Waals surface area contributed by atoms with Crippen molar-refractivity contribution in [3.05, 3.63) is 106 Å². The topological polar surface area (TPSA) is 56.2 Å². The van der Waals surface area contributed by atoms with Gasteiger partial charge in [-0.2, -0.15) is 5.10 Å². The molecule has 1 N–H and O–H groups in total. The lowest BCUT2D eigenvalue weighted by Crippen LogP contribution is -2.12. The molecule has 0 aliphatic heterocycles. The molecule has 4 aromatic rings. The summed E-state index contributed by atoms with van der Waals surface area (Å²) in [4.78, 5) is 12.6. The zero-order chi connectivity index (χ0) is 22.7. The SMILES string of the molecule is Cc1nn(-c2ccc(NC(=O)c3ccc(OCc4ccc(F)cc4)cc3)cc2)c(C)c1Cl. The highest BCUT2D eigenvalue weighted by atomic mass is 35.5. The summed E-state index contributed by atoms with van der Waals surface area (Å²) in [6.07, 6.45) is 0. The number of carbonyl (C=O) groups excluding carboxylic acids is 1. The summed E-state index contributed by atoms with van der Waals surface area (Å²) in [5, 5.41) is 7.96. The van der Waals surface area contributed by atoms with E-state index in [1.54, 1.807) is 41.1 Å². The van der Waals surface area contributed by atoms with Crippen LogP contribution in [0, 0.1) is 19.7 Å². The fourth-order valence-electron chi connectivity index (χ4n) is 3.21. The van der Waals surface area contributed by atoms with Crippen LogP contribution in [0.15, 0.2) is 72.8 Å². The smallest absolute Gasteiger partial charge is 0.255 e. The average molecular weight is 450 g/mol. The van der Waals surface area contributed by atoms with Gasteiger partial charge in [-0.15, -0.1) is 0 Å². The van der Waals surface area contributed by atoms with E-state index in [0.717, 1.165) is 22.6 Å². The van der Waals surface area contributed by atoms with Gasteiger partial charge in [0.05, 0.1) is 22.1 Å². The maximum absolute atomic E-state index is 13.0. The fourth-order valence-corrected chi connectivity index (χ4v) is 3.33. The second-order valence-electron chi connectivity index (χ2n) is 7.34. The van der Waals surface area contributed by atoms with Crippen LogP contribution in [0.25, 0.3) is 5.69 Å². The number of hydrogen-bond donors (Lipinski definition) is 1. The Labute approximate surface area is 190 Å². The van der Waals surface area contributed by atoms with Gasteiger partial charge in [0.25, 0.3) is 5.91 Å². The first-order valence-electron chi connectivity index (χ1n) is 10.0. The molecule has 0 radical (unpaired) electrons. The zero-order valence-corrected chi connectivity index (χ0v) is 18.4. The van der Waals surface area contributed by atoms with Crippen LogP contribution < -0.4 is 10.1 Å². The normalized spacial score (nSPS) is 10.8. The molecule has 7 heteroatoms. The Morgan fingerprint density at radius 1 is 1.00 bits per heavy atom. The summed E-state index contributed by atoms with van der Waals surface area (Å²) >= 11 is 6.22. The zero-order valence-electron chi connectivity index (χ0n) is 17.6. The number of hydrogen-bond acceptors (Lipinski definition) is 3. The molecular formula is C25H21ClFN3O2. The second kappa shape index (κ2) is 9.24. The first-order valence-corrected chi connectivity index (χ1v) is 10.4. The minimum Gasteiger partial charge on any atom is -0.489 e. The van der Waals surface area contributed by atoms with E-state index in [4.69, 9.17) is 16.3 Å². The predicted molar refractivity (Wildman–Crippen MR) is 123 cm³/mol. The van der Waals surface area contributed by atoms with Crippen LogP contribution in [0.3, 0.4) is 0 Å². The molecule has 0 saturated carbocycles. The summed E-state index contributed by atoms with van der Waals surface area (Å²) in [6.45, 7) is 4.09. The number of nitrogens with zero attached hydrogens (tertiary/aromatic N) is 2. The van der Waals surface area contributed by atoms with Crippen molar-refractivity contribution >= 4 is 23.2 Å². The number of aryl methyl sites for hydroxylation is 1. The van der Waals surface area contributed by atoms with E-state index in [9.17, 15) is 9.18 Å². The molecule has 1 aromatic heterocycles. The number of anilines is 1. The molecule has 1 amide bonds. The van der Waals surface area contributed by atoms with Crippen LogP contribution in [0.1, 0.15) is 27.3 Å². The molecule has 3 aromatic carbocycles. The lowest BCUT2D eigenvalue weighted by molar-refractivity contribution is 0.102. The average Bonchev–Trinajstić information content (AvgIpc) is 3.07. The van der Waals surface area contributed by atoms with Crippen LogP contribution in [0.5, 0.6) is 5.75 Å². The van der Waals surface area contributed by atoms with Gasteiger partial charge in [0.1, 0.15) is 18.2 Å². The highest BCUT2D eigenvalue weighted by molar-refractivity contribution is 6.31. The lowest BCUT2D eigenvalue weighted by Gasteiger charge is -2.09. The maximum atomic E-state index is 13.0. The van der Waals surface area contributed by atoms with Crippen molar-refractivity contribution in [3.63, 3.8) is 0 Å². The third-order valence-electron chi connectivity index (χ3n) is 5.01. The first-order chi connectivity index (χ1) is 15.4. The number of rotatable bonds is 6. The van der Waals surface area contributed by atoms with Crippen LogP contribution in [0.4, 0.5) is 10.1 Å². The Kier molecular flexibility index (Phi) is 6.23. The molecule has 0 saturated heterocycles. The minimum atomic E-state index is -0.283. The van der Waals surface area contributed by atoms with Gasteiger partial charge in [0.2, 0.25) is 0 Å². The van der Waals surface area contributed by atoms with Crippen molar-refractivity contribution in [2.75, 3.05) is 5.32 Å². The van der Waals surface area contributed by atoms with Gasteiger partial charge in [-0.05, 0) is 80.1 Å². The summed E-state index contributed by atoms with van der Waals surface area (Å²) in [6, 6.07) is 20.4. The van der Waals surface area contributed by atoms with Gasteiger partial charge in [-0.25, -0.2) is 9.07 Å². The largest absolute Gasteiger partial charge is 0.489 e. The standard InChI is InChI=1S/C25H21ClFN3O2/c1-16-24(26)17(2)30(29-16)22-11-9-21(10-12-22)28-25(31)19-5-13-23(14-6-19)32-15-18-3-7-20(27)8-4-18/h3-14H,15H2,1-2H3,(H,28,31). The molecule has 0 bridgehead atoms. The van der Waals surface area contributed by atoms with E-state index in [0.29, 0.717) is 28.6 Å². The van der Waals surface area contributed by atoms with E-state index in [-0.39, 0.29) is 11.7 Å². The number of aromatic nitrogens is 2. The number of ether oxygens (including phenoxy) is 1. The van der Waals surface area contributed by atoms with Crippen molar-refractivity contribution in [2.45, 2.75) is 20.5 Å². The number of carbonyl (C=O) groups is 1. The number of benzene rings is 3. The lowest BCUT2D eigenvalue weighted by atomic mass is 10.2. The molecule has 0 fully saturated rings. The Morgan fingerprint density at radius 2 is 1.66 bits per heavy atom. The third kappa shape index (κ3) is 4.81. The summed E-state index contributed by atoms with van der Waals surface area (Å²) in [5.74, 6) is 0.116. The monoisotopic (exact) mass is 449 g/mol. The summed E-state index contributed by atoms with van der Waals surface area (Å²) < 4.78 is 20.4. The highest BCUT2D eigenvalue weighted by Crippen LogP contribution is 2.23. The number of halogens is 2. The molecule has 0 aliphatic rings. The molecule has 32 heavy (non-hydrogen) atoms. The number of nitrogens with one attached hydrogen (secondary N) is 1. The maximum Gasteiger partial charge on any atom is 0.255 e. The van der Waals surface area contributed by atoms with E-state index in [1.807, 2.05) is 38.1 Å². The van der Waals surface area contributed by atoms with E-state index >= 15 is 0 Å². The molecule has 5 nitrogen and oxygen atoms in total. The third-order valence-corrected chi connectivity index (χ3v) is 5.56. The Bertz CT molecular complexity index is 1230. The molecule has 0 unspecified atom stereocenters. The quantitative estimate of drug-likeness (QED) is 0.386. The predicted octanol–water partition coefficient (Wildman–Crippen LogP) is 6.11. The van der Waals surface area contributed by atoms with E-state index in [2.05, 4.69) is 10.4 Å². The summed E-state index contributed by atoms with van der Waals surface area (Å²) in [5.41, 5.74) is 4.53. The van der Waals surface area contributed by atoms with Crippen LogP contribution in [0.2, 0.25) is 5.02 Å². The molecule has 1 heterocycles. The van der Waals surface area contributed by atoms with Gasteiger partial charge >= 0.3 is 0 Å². The van der Waals surface area contributed by atoms with E-state index < -0.39 is 0 Å². The minimum absolute atomic E-state index is 0.225. The van der Waals surface area contributed by atoms with Gasteiger partial charge in [-0.1, -0.05) is 23.7 Å². The second-order valence-corrected chi connectivity index (χ2v) is 7.72. The van der Waals surface area contributed by atoms with E-state index in [1.165, 1.54) is 12.1 Å². The molecule has 4 rings (SSSR count). The highest BCUT2D eigenvalue weighted by Gasteiger charge is 2.11. The van der Waals surface area contributed by atoms with Gasteiger partial charge in [-0.3, -0.25) is 4.79 Å². The van der Waals surface area contributed by atoms with Crippen LogP contribution >= 0.6 is 11.6 Å². The Balaban J connectivity index is 1.37. The fraction of sp³-hybridized carbons (Fsp3) is 0.120. The van der Waals surface area contributed by atoms with Crippen molar-refractivity contribution in [1.82, 2.24) is 9.78 Å².